The van der Waals surface area contributed by atoms with Crippen LogP contribution in [0, 0.1) is 0 Å². The average molecular weight is 378 g/mol. The fourth-order valence-corrected chi connectivity index (χ4v) is 2.70. The highest BCUT2D eigenvalue weighted by Gasteiger charge is 2.10. The molecule has 0 radical (unpaired) electrons. The summed E-state index contributed by atoms with van der Waals surface area (Å²) in [6.07, 6.45) is 2.27. The number of ether oxygens (including phenoxy) is 1. The van der Waals surface area contributed by atoms with E-state index in [-0.39, 0.29) is 18.1 Å². The van der Waals surface area contributed by atoms with Crippen molar-refractivity contribution in [3.8, 4) is 17.1 Å². The number of hydrogen-bond acceptors (Lipinski definition) is 5. The molecule has 3 aromatic rings. The van der Waals surface area contributed by atoms with E-state index in [0.29, 0.717) is 35.9 Å². The number of hydrogen-bond donors (Lipinski definition) is 1. The topological polar surface area (TPSA) is 81.4 Å². The number of carbonyl (C=O) groups excluding carboxylic acids is 2. The van der Waals surface area contributed by atoms with E-state index in [1.54, 1.807) is 30.5 Å². The predicted octanol–water partition coefficient (Wildman–Crippen LogP) is 4.51. The highest BCUT2D eigenvalue weighted by molar-refractivity contribution is 5.97. The number of aryl methyl sites for hydroxylation is 1. The molecule has 0 spiro atoms. The maximum atomic E-state index is 12.2. The van der Waals surface area contributed by atoms with Gasteiger partial charge in [-0.3, -0.25) is 9.59 Å². The van der Waals surface area contributed by atoms with Crippen molar-refractivity contribution >= 4 is 17.4 Å². The van der Waals surface area contributed by atoms with Crippen LogP contribution in [0.15, 0.2) is 59.1 Å². The number of benzene rings is 2. The molecule has 1 N–H and O–H groups in total. The van der Waals surface area contributed by atoms with Crippen molar-refractivity contribution in [2.75, 3.05) is 11.9 Å². The molecule has 0 aliphatic heterocycles. The molecule has 1 heterocycles. The minimum absolute atomic E-state index is 0.0438. The second kappa shape index (κ2) is 8.99. The van der Waals surface area contributed by atoms with Crippen molar-refractivity contribution in [3.05, 3.63) is 66.2 Å². The molecule has 28 heavy (non-hydrogen) atoms. The standard InChI is InChI=1S/C22H22N2O4/c1-3-27-19-9-7-16(8-10-19)20-14-23-22(28-20)12-11-21(26)24-18-6-4-5-17(13-18)15(2)25/h4-10,13-14H,3,11-12H2,1-2H3,(H,24,26). The molecule has 144 valence electrons. The lowest BCUT2D eigenvalue weighted by molar-refractivity contribution is -0.116. The third kappa shape index (κ3) is 5.07. The Morgan fingerprint density at radius 3 is 2.64 bits per heavy atom. The van der Waals surface area contributed by atoms with Crippen LogP contribution in [0.4, 0.5) is 5.69 Å². The maximum Gasteiger partial charge on any atom is 0.224 e. The number of Topliss-reactive ketones (excluding diaryl/α,β-unsaturated/α-hetero) is 1. The zero-order valence-corrected chi connectivity index (χ0v) is 15.9. The lowest BCUT2D eigenvalue weighted by atomic mass is 10.1. The molecule has 0 saturated heterocycles. The summed E-state index contributed by atoms with van der Waals surface area (Å²) in [6.45, 7) is 4.05. The summed E-state index contributed by atoms with van der Waals surface area (Å²) in [5, 5.41) is 2.79. The molecule has 1 aromatic heterocycles. The van der Waals surface area contributed by atoms with E-state index < -0.39 is 0 Å². The molecule has 0 aliphatic rings. The van der Waals surface area contributed by atoms with Crippen LogP contribution in [0.25, 0.3) is 11.3 Å². The van der Waals surface area contributed by atoms with E-state index >= 15 is 0 Å². The molecule has 0 fully saturated rings. The fourth-order valence-electron chi connectivity index (χ4n) is 2.70. The number of oxazole rings is 1. The SMILES string of the molecule is CCOc1ccc(-c2cnc(CCC(=O)Nc3cccc(C(C)=O)c3)o2)cc1. The van der Waals surface area contributed by atoms with Crippen LogP contribution >= 0.6 is 0 Å². The van der Waals surface area contributed by atoms with Gasteiger partial charge >= 0.3 is 0 Å². The smallest absolute Gasteiger partial charge is 0.224 e. The second-order valence-electron chi connectivity index (χ2n) is 6.26. The Bertz CT molecular complexity index is 961. The van der Waals surface area contributed by atoms with Gasteiger partial charge in [-0.25, -0.2) is 4.98 Å². The first-order valence-electron chi connectivity index (χ1n) is 9.14. The normalized spacial score (nSPS) is 10.5. The fraction of sp³-hybridized carbons (Fsp3) is 0.227. The molecule has 3 rings (SSSR count). The summed E-state index contributed by atoms with van der Waals surface area (Å²) in [4.78, 5) is 27.8. The Kier molecular flexibility index (Phi) is 6.22. The number of rotatable bonds is 8. The summed E-state index contributed by atoms with van der Waals surface area (Å²) in [7, 11) is 0. The monoisotopic (exact) mass is 378 g/mol. The van der Waals surface area contributed by atoms with Crippen LogP contribution in [-0.2, 0) is 11.2 Å². The van der Waals surface area contributed by atoms with Crippen molar-refractivity contribution in [2.24, 2.45) is 0 Å². The number of amides is 1. The predicted molar refractivity (Wildman–Crippen MR) is 107 cm³/mol. The van der Waals surface area contributed by atoms with Gasteiger partial charge in [-0.1, -0.05) is 12.1 Å². The van der Waals surface area contributed by atoms with Crippen molar-refractivity contribution in [1.29, 1.82) is 0 Å². The molecule has 2 aromatic carbocycles. The molecular weight excluding hydrogens is 356 g/mol. The third-order valence-electron chi connectivity index (χ3n) is 4.12. The summed E-state index contributed by atoms with van der Waals surface area (Å²) in [6, 6.07) is 14.4. The zero-order chi connectivity index (χ0) is 19.9. The summed E-state index contributed by atoms with van der Waals surface area (Å²) in [5.74, 6) is 1.74. The molecule has 0 aliphatic carbocycles. The van der Waals surface area contributed by atoms with Gasteiger partial charge in [0, 0.05) is 29.7 Å². The molecule has 6 heteroatoms. The number of carbonyl (C=O) groups is 2. The summed E-state index contributed by atoms with van der Waals surface area (Å²) >= 11 is 0. The molecule has 0 atom stereocenters. The van der Waals surface area contributed by atoms with Crippen molar-refractivity contribution < 1.29 is 18.7 Å². The number of aromatic nitrogens is 1. The lowest BCUT2D eigenvalue weighted by Gasteiger charge is -2.05. The average Bonchev–Trinajstić information content (AvgIpc) is 3.16. The number of nitrogens with zero attached hydrogens (tertiary/aromatic N) is 1. The van der Waals surface area contributed by atoms with Crippen molar-refractivity contribution in [1.82, 2.24) is 4.98 Å². The van der Waals surface area contributed by atoms with Gasteiger partial charge < -0.3 is 14.5 Å². The van der Waals surface area contributed by atoms with E-state index in [1.165, 1.54) is 6.92 Å². The molecular formula is C22H22N2O4. The number of ketones is 1. The van der Waals surface area contributed by atoms with E-state index in [9.17, 15) is 9.59 Å². The van der Waals surface area contributed by atoms with E-state index in [1.807, 2.05) is 31.2 Å². The first kappa shape index (κ1) is 19.4. The van der Waals surface area contributed by atoms with Crippen LogP contribution in [0.2, 0.25) is 0 Å². The first-order valence-corrected chi connectivity index (χ1v) is 9.14. The minimum atomic E-state index is -0.165. The highest BCUT2D eigenvalue weighted by Crippen LogP contribution is 2.23. The second-order valence-corrected chi connectivity index (χ2v) is 6.26. The van der Waals surface area contributed by atoms with Gasteiger partial charge in [0.05, 0.1) is 12.8 Å². The van der Waals surface area contributed by atoms with E-state index in [4.69, 9.17) is 9.15 Å². The Balaban J connectivity index is 1.56. The van der Waals surface area contributed by atoms with Gasteiger partial charge in [-0.05, 0) is 50.2 Å². The van der Waals surface area contributed by atoms with Gasteiger partial charge in [0.25, 0.3) is 0 Å². The van der Waals surface area contributed by atoms with E-state index in [2.05, 4.69) is 10.3 Å². The van der Waals surface area contributed by atoms with Crippen LogP contribution in [0.5, 0.6) is 5.75 Å². The van der Waals surface area contributed by atoms with Crippen LogP contribution in [-0.4, -0.2) is 23.3 Å². The van der Waals surface area contributed by atoms with Crippen molar-refractivity contribution in [3.63, 3.8) is 0 Å². The lowest BCUT2D eigenvalue weighted by Crippen LogP contribution is -2.12. The van der Waals surface area contributed by atoms with Crippen LogP contribution < -0.4 is 10.1 Å². The van der Waals surface area contributed by atoms with Gasteiger partial charge in [-0.15, -0.1) is 0 Å². The quantitative estimate of drug-likeness (QED) is 0.583. The minimum Gasteiger partial charge on any atom is -0.494 e. The largest absolute Gasteiger partial charge is 0.494 e. The Labute approximate surface area is 163 Å². The Hall–Kier alpha value is -3.41. The van der Waals surface area contributed by atoms with E-state index in [0.717, 1.165) is 11.3 Å². The summed E-state index contributed by atoms with van der Waals surface area (Å²) in [5.41, 5.74) is 2.05. The molecule has 1 amide bonds. The Morgan fingerprint density at radius 2 is 1.93 bits per heavy atom. The van der Waals surface area contributed by atoms with Gasteiger partial charge in [0.1, 0.15) is 5.75 Å². The zero-order valence-electron chi connectivity index (χ0n) is 15.9. The van der Waals surface area contributed by atoms with Gasteiger partial charge in [-0.2, -0.15) is 0 Å². The highest BCUT2D eigenvalue weighted by atomic mass is 16.5. The Morgan fingerprint density at radius 1 is 1.14 bits per heavy atom. The van der Waals surface area contributed by atoms with Crippen LogP contribution in [0.1, 0.15) is 36.5 Å². The van der Waals surface area contributed by atoms with Gasteiger partial charge in [0.2, 0.25) is 5.91 Å². The van der Waals surface area contributed by atoms with Crippen LogP contribution in [0.3, 0.4) is 0 Å². The molecule has 6 nitrogen and oxygen atoms in total. The van der Waals surface area contributed by atoms with Gasteiger partial charge in [0.15, 0.2) is 17.4 Å². The molecule has 0 unspecified atom stereocenters. The first-order chi connectivity index (χ1) is 13.5. The molecule has 0 bridgehead atoms. The summed E-state index contributed by atoms with van der Waals surface area (Å²) < 4.78 is 11.2. The third-order valence-corrected chi connectivity index (χ3v) is 4.12. The number of anilines is 1. The molecule has 0 saturated carbocycles. The number of nitrogens with one attached hydrogen (secondary N) is 1. The maximum absolute atomic E-state index is 12.2. The van der Waals surface area contributed by atoms with Crippen molar-refractivity contribution in [2.45, 2.75) is 26.7 Å².